The largest absolute Gasteiger partial charge is 0.330 e. The van der Waals surface area contributed by atoms with Crippen molar-refractivity contribution in [3.8, 4) is 0 Å². The number of benzene rings is 1. The smallest absolute Gasteiger partial charge is 0.272 e. The lowest BCUT2D eigenvalue weighted by atomic mass is 10.1. The Balaban J connectivity index is 2.98. The first kappa shape index (κ1) is 9.60. The van der Waals surface area contributed by atoms with Gasteiger partial charge >= 0.3 is 0 Å². The van der Waals surface area contributed by atoms with Crippen molar-refractivity contribution < 1.29 is 9.31 Å². The molecule has 0 amide bonds. The lowest BCUT2D eigenvalue weighted by molar-refractivity contribution is -0.385. The van der Waals surface area contributed by atoms with Crippen molar-refractivity contribution in [2.45, 2.75) is 6.42 Å². The highest BCUT2D eigenvalue weighted by molar-refractivity contribution is 5.34. The monoisotopic (exact) mass is 184 g/mol. The Bertz CT molecular complexity index is 328. The van der Waals surface area contributed by atoms with E-state index < -0.39 is 10.7 Å². The van der Waals surface area contributed by atoms with Gasteiger partial charge in [-0.15, -0.1) is 0 Å². The maximum atomic E-state index is 13.0. The fourth-order valence-corrected chi connectivity index (χ4v) is 1.01. The number of rotatable bonds is 3. The van der Waals surface area contributed by atoms with E-state index in [-0.39, 0.29) is 5.69 Å². The van der Waals surface area contributed by atoms with Crippen LogP contribution in [0.25, 0.3) is 0 Å². The summed E-state index contributed by atoms with van der Waals surface area (Å²) < 4.78 is 13.0. The molecule has 5 heteroatoms. The Morgan fingerprint density at radius 3 is 2.69 bits per heavy atom. The third-order valence-corrected chi connectivity index (χ3v) is 1.66. The van der Waals surface area contributed by atoms with Crippen molar-refractivity contribution >= 4 is 5.69 Å². The molecule has 0 aliphatic carbocycles. The number of non-ortho nitro benzene ring substituents is 1. The summed E-state index contributed by atoms with van der Waals surface area (Å²) in [4.78, 5) is 9.61. The first-order valence-electron chi connectivity index (χ1n) is 3.78. The first-order valence-corrected chi connectivity index (χ1v) is 3.78. The van der Waals surface area contributed by atoms with Crippen LogP contribution in [0.2, 0.25) is 0 Å². The first-order chi connectivity index (χ1) is 6.15. The second kappa shape index (κ2) is 3.95. The molecule has 0 spiro atoms. The molecule has 1 aromatic carbocycles. The van der Waals surface area contributed by atoms with Crippen molar-refractivity contribution in [1.29, 1.82) is 0 Å². The van der Waals surface area contributed by atoms with E-state index >= 15 is 0 Å². The van der Waals surface area contributed by atoms with E-state index in [0.717, 1.165) is 6.07 Å². The van der Waals surface area contributed by atoms with Crippen molar-refractivity contribution in [1.82, 2.24) is 0 Å². The third-order valence-electron chi connectivity index (χ3n) is 1.66. The minimum atomic E-state index is -0.630. The van der Waals surface area contributed by atoms with Gasteiger partial charge in [0.25, 0.3) is 5.69 Å². The van der Waals surface area contributed by atoms with Gasteiger partial charge in [0, 0.05) is 6.07 Å². The number of nitrogens with two attached hydrogens (primary N) is 1. The molecule has 70 valence electrons. The van der Waals surface area contributed by atoms with Gasteiger partial charge in [0.15, 0.2) is 0 Å². The van der Waals surface area contributed by atoms with Crippen LogP contribution in [-0.4, -0.2) is 11.5 Å². The summed E-state index contributed by atoms with van der Waals surface area (Å²) in [6.07, 6.45) is 0.393. The molecule has 0 aliphatic heterocycles. The van der Waals surface area contributed by atoms with Crippen LogP contribution in [0.5, 0.6) is 0 Å². The Morgan fingerprint density at radius 1 is 1.54 bits per heavy atom. The van der Waals surface area contributed by atoms with Gasteiger partial charge in [-0.3, -0.25) is 10.1 Å². The van der Waals surface area contributed by atoms with Crippen LogP contribution in [-0.2, 0) is 6.42 Å². The fraction of sp³-hybridized carbons (Fsp3) is 0.250. The number of nitro benzene ring substituents is 1. The van der Waals surface area contributed by atoms with E-state index in [1.54, 1.807) is 0 Å². The molecule has 0 saturated heterocycles. The van der Waals surface area contributed by atoms with Crippen molar-refractivity contribution in [3.63, 3.8) is 0 Å². The zero-order valence-corrected chi connectivity index (χ0v) is 6.87. The van der Waals surface area contributed by atoms with E-state index in [0.29, 0.717) is 18.5 Å². The topological polar surface area (TPSA) is 69.2 Å². The molecule has 0 aromatic heterocycles. The summed E-state index contributed by atoms with van der Waals surface area (Å²) in [7, 11) is 0. The van der Waals surface area contributed by atoms with Crippen LogP contribution in [0.4, 0.5) is 10.1 Å². The van der Waals surface area contributed by atoms with E-state index in [1.807, 2.05) is 0 Å². The van der Waals surface area contributed by atoms with Gasteiger partial charge < -0.3 is 5.73 Å². The Hall–Kier alpha value is -1.49. The quantitative estimate of drug-likeness (QED) is 0.567. The second-order valence-electron chi connectivity index (χ2n) is 2.57. The number of nitro groups is 1. The van der Waals surface area contributed by atoms with E-state index in [1.165, 1.54) is 12.1 Å². The molecule has 0 radical (unpaired) electrons. The van der Waals surface area contributed by atoms with Crippen LogP contribution in [0.15, 0.2) is 18.2 Å². The Morgan fingerprint density at radius 2 is 2.23 bits per heavy atom. The summed E-state index contributed by atoms with van der Waals surface area (Å²) in [5, 5.41) is 10.2. The Kier molecular flexibility index (Phi) is 2.92. The molecule has 1 rings (SSSR count). The molecule has 4 nitrogen and oxygen atoms in total. The molecule has 13 heavy (non-hydrogen) atoms. The molecular weight excluding hydrogens is 175 g/mol. The van der Waals surface area contributed by atoms with Crippen molar-refractivity contribution in [3.05, 3.63) is 39.7 Å². The standard InChI is InChI=1S/C8H9FN2O2/c9-8-5-7(11(12)13)2-1-6(8)3-4-10/h1-2,5H,3-4,10H2. The maximum Gasteiger partial charge on any atom is 0.272 e. The van der Waals surface area contributed by atoms with Gasteiger partial charge in [0.2, 0.25) is 0 Å². The normalized spacial score (nSPS) is 10.0. The van der Waals surface area contributed by atoms with Crippen molar-refractivity contribution in [2.24, 2.45) is 5.73 Å². The van der Waals surface area contributed by atoms with Gasteiger partial charge in [-0.05, 0) is 24.6 Å². The predicted octanol–water partition coefficient (Wildman–Crippen LogP) is 1.24. The summed E-state index contributed by atoms with van der Waals surface area (Å²) in [6, 6.07) is 3.57. The minimum Gasteiger partial charge on any atom is -0.330 e. The summed E-state index contributed by atoms with van der Waals surface area (Å²) in [5.41, 5.74) is 5.40. The average molecular weight is 184 g/mol. The second-order valence-corrected chi connectivity index (χ2v) is 2.57. The molecule has 0 atom stereocenters. The van der Waals surface area contributed by atoms with Crippen molar-refractivity contribution in [2.75, 3.05) is 6.54 Å². The van der Waals surface area contributed by atoms with Crippen LogP contribution in [0.1, 0.15) is 5.56 Å². The van der Waals surface area contributed by atoms with Crippen LogP contribution >= 0.6 is 0 Å². The van der Waals surface area contributed by atoms with Gasteiger partial charge in [0.1, 0.15) is 5.82 Å². The highest BCUT2D eigenvalue weighted by Gasteiger charge is 2.09. The predicted molar refractivity (Wildman–Crippen MR) is 45.8 cm³/mol. The molecule has 1 aromatic rings. The molecule has 0 saturated carbocycles. The lowest BCUT2D eigenvalue weighted by Gasteiger charge is -1.99. The number of hydrogen-bond acceptors (Lipinski definition) is 3. The molecule has 0 aliphatic rings. The summed E-state index contributed by atoms with van der Waals surface area (Å²) in [5.74, 6) is -0.570. The molecule has 0 bridgehead atoms. The minimum absolute atomic E-state index is 0.238. The zero-order chi connectivity index (χ0) is 9.84. The highest BCUT2D eigenvalue weighted by atomic mass is 19.1. The zero-order valence-electron chi connectivity index (χ0n) is 6.87. The third kappa shape index (κ3) is 2.22. The SMILES string of the molecule is NCCc1ccc([N+](=O)[O-])cc1F. The van der Waals surface area contributed by atoms with E-state index in [9.17, 15) is 14.5 Å². The summed E-state index contributed by atoms with van der Waals surface area (Å²) >= 11 is 0. The maximum absolute atomic E-state index is 13.0. The highest BCUT2D eigenvalue weighted by Crippen LogP contribution is 2.16. The van der Waals surface area contributed by atoms with Crippen LogP contribution in [0, 0.1) is 15.9 Å². The van der Waals surface area contributed by atoms with Gasteiger partial charge in [0.05, 0.1) is 11.0 Å². The number of nitrogens with zero attached hydrogens (tertiary/aromatic N) is 1. The molecule has 0 fully saturated rings. The molecule has 0 heterocycles. The van der Waals surface area contributed by atoms with E-state index in [2.05, 4.69) is 0 Å². The van der Waals surface area contributed by atoms with Gasteiger partial charge in [-0.2, -0.15) is 0 Å². The number of halogens is 1. The molecule has 0 unspecified atom stereocenters. The molecule has 2 N–H and O–H groups in total. The Labute approximate surface area is 74.3 Å². The van der Waals surface area contributed by atoms with E-state index in [4.69, 9.17) is 5.73 Å². The fourth-order valence-electron chi connectivity index (χ4n) is 1.01. The molecular formula is C8H9FN2O2. The van der Waals surface area contributed by atoms with Crippen LogP contribution < -0.4 is 5.73 Å². The lowest BCUT2D eigenvalue weighted by Crippen LogP contribution is -2.04. The van der Waals surface area contributed by atoms with Gasteiger partial charge in [-0.25, -0.2) is 4.39 Å². The summed E-state index contributed by atoms with van der Waals surface area (Å²) in [6.45, 7) is 0.328. The average Bonchev–Trinajstić information content (AvgIpc) is 2.08. The van der Waals surface area contributed by atoms with Gasteiger partial charge in [-0.1, -0.05) is 0 Å². The van der Waals surface area contributed by atoms with Crippen LogP contribution in [0.3, 0.4) is 0 Å². The number of hydrogen-bond donors (Lipinski definition) is 1.